The molecule has 0 spiro atoms. The third-order valence-electron chi connectivity index (χ3n) is 2.26. The van der Waals surface area contributed by atoms with Gasteiger partial charge in [-0.1, -0.05) is 23.7 Å². The average molecular weight is 237 g/mol. The van der Waals surface area contributed by atoms with Crippen molar-refractivity contribution < 1.29 is 4.42 Å². The first-order chi connectivity index (χ1) is 7.78. The normalized spacial score (nSPS) is 10.6. The second-order valence-electron chi connectivity index (χ2n) is 3.56. The van der Waals surface area contributed by atoms with E-state index in [2.05, 4.69) is 4.98 Å². The van der Waals surface area contributed by atoms with E-state index in [4.69, 9.17) is 21.8 Å². The maximum atomic E-state index is 5.81. The predicted molar refractivity (Wildman–Crippen MR) is 63.5 cm³/mol. The average Bonchev–Trinajstić information content (AvgIpc) is 2.70. The van der Waals surface area contributed by atoms with E-state index in [1.165, 1.54) is 0 Å². The molecule has 0 atom stereocenters. The molecule has 2 rings (SSSR count). The summed E-state index contributed by atoms with van der Waals surface area (Å²) in [4.78, 5) is 4.20. The molecule has 2 N–H and O–H groups in total. The van der Waals surface area contributed by atoms with Gasteiger partial charge in [-0.25, -0.2) is 4.98 Å². The fraction of sp³-hybridized carbons (Fsp3) is 0.250. The summed E-state index contributed by atoms with van der Waals surface area (Å²) in [7, 11) is 0. The van der Waals surface area contributed by atoms with Gasteiger partial charge in [0.25, 0.3) is 0 Å². The third kappa shape index (κ3) is 2.84. The Balaban J connectivity index is 2.05. The number of nitrogens with two attached hydrogens (primary N) is 1. The van der Waals surface area contributed by atoms with E-state index in [0.717, 1.165) is 22.8 Å². The van der Waals surface area contributed by atoms with Crippen LogP contribution in [0.15, 0.2) is 34.9 Å². The van der Waals surface area contributed by atoms with Gasteiger partial charge in [0.2, 0.25) is 0 Å². The number of hydrogen-bond acceptors (Lipinski definition) is 3. The Labute approximate surface area is 99.2 Å². The van der Waals surface area contributed by atoms with Gasteiger partial charge in [-0.15, -0.1) is 0 Å². The van der Waals surface area contributed by atoms with Gasteiger partial charge in [0.05, 0.1) is 6.20 Å². The summed E-state index contributed by atoms with van der Waals surface area (Å²) in [5.74, 6) is 1.55. The minimum atomic E-state index is 0.579. The van der Waals surface area contributed by atoms with Crippen LogP contribution in [0.3, 0.4) is 0 Å². The van der Waals surface area contributed by atoms with Gasteiger partial charge in [-0.05, 0) is 24.2 Å². The number of aromatic nitrogens is 1. The third-order valence-corrected chi connectivity index (χ3v) is 2.51. The van der Waals surface area contributed by atoms with Crippen LogP contribution >= 0.6 is 11.6 Å². The summed E-state index contributed by atoms with van der Waals surface area (Å²) in [5, 5.41) is 0.736. The summed E-state index contributed by atoms with van der Waals surface area (Å²) < 4.78 is 5.53. The Hall–Kier alpha value is -1.32. The minimum absolute atomic E-state index is 0.579. The van der Waals surface area contributed by atoms with Crippen molar-refractivity contribution in [3.05, 3.63) is 52.7 Å². The smallest absolute Gasteiger partial charge is 0.198 e. The number of halogens is 1. The highest BCUT2D eigenvalue weighted by Crippen LogP contribution is 2.13. The van der Waals surface area contributed by atoms with E-state index in [9.17, 15) is 0 Å². The van der Waals surface area contributed by atoms with Gasteiger partial charge in [0.15, 0.2) is 5.89 Å². The van der Waals surface area contributed by atoms with E-state index in [-0.39, 0.29) is 0 Å². The molecule has 16 heavy (non-hydrogen) atoms. The molecule has 1 aromatic carbocycles. The SMILES string of the molecule is NCCc1cnc(Cc2ccc(Cl)cc2)o1. The highest BCUT2D eigenvalue weighted by Gasteiger charge is 2.04. The first-order valence-electron chi connectivity index (χ1n) is 5.16. The second kappa shape index (κ2) is 5.14. The molecule has 0 aliphatic carbocycles. The largest absolute Gasteiger partial charge is 0.445 e. The van der Waals surface area contributed by atoms with Crippen LogP contribution in [-0.4, -0.2) is 11.5 Å². The number of nitrogens with zero attached hydrogens (tertiary/aromatic N) is 1. The zero-order valence-corrected chi connectivity index (χ0v) is 9.57. The standard InChI is InChI=1S/C12H13ClN2O/c13-10-3-1-9(2-4-10)7-12-15-8-11(16-12)5-6-14/h1-4,8H,5-7,14H2. The molecule has 0 bridgehead atoms. The molecule has 3 nitrogen and oxygen atoms in total. The van der Waals surface area contributed by atoms with Crippen molar-refractivity contribution >= 4 is 11.6 Å². The summed E-state index contributed by atoms with van der Waals surface area (Å²) in [6.45, 7) is 0.579. The number of rotatable bonds is 4. The Bertz CT molecular complexity index is 450. The van der Waals surface area contributed by atoms with Crippen LogP contribution in [0, 0.1) is 0 Å². The van der Waals surface area contributed by atoms with Crippen LogP contribution in [0.25, 0.3) is 0 Å². The molecule has 0 saturated carbocycles. The Morgan fingerprint density at radius 2 is 2.00 bits per heavy atom. The van der Waals surface area contributed by atoms with Gasteiger partial charge >= 0.3 is 0 Å². The maximum absolute atomic E-state index is 5.81. The summed E-state index contributed by atoms with van der Waals surface area (Å²) >= 11 is 5.81. The Morgan fingerprint density at radius 3 is 2.69 bits per heavy atom. The van der Waals surface area contributed by atoms with Crippen LogP contribution in [0.5, 0.6) is 0 Å². The number of benzene rings is 1. The van der Waals surface area contributed by atoms with Gasteiger partial charge in [-0.3, -0.25) is 0 Å². The lowest BCUT2D eigenvalue weighted by Gasteiger charge is -1.97. The van der Waals surface area contributed by atoms with Crippen molar-refractivity contribution in [2.45, 2.75) is 12.8 Å². The van der Waals surface area contributed by atoms with E-state index in [0.29, 0.717) is 18.9 Å². The lowest BCUT2D eigenvalue weighted by Crippen LogP contribution is -2.01. The van der Waals surface area contributed by atoms with Crippen molar-refractivity contribution in [3.63, 3.8) is 0 Å². The number of oxazole rings is 1. The molecule has 4 heteroatoms. The van der Waals surface area contributed by atoms with Gasteiger partial charge < -0.3 is 10.2 Å². The molecule has 0 unspecified atom stereocenters. The molecule has 0 aliphatic heterocycles. The molecule has 0 radical (unpaired) electrons. The van der Waals surface area contributed by atoms with E-state index in [1.54, 1.807) is 6.20 Å². The zero-order valence-electron chi connectivity index (χ0n) is 8.82. The number of hydrogen-bond donors (Lipinski definition) is 1. The predicted octanol–water partition coefficient (Wildman–Crippen LogP) is 2.42. The molecule has 0 fully saturated rings. The second-order valence-corrected chi connectivity index (χ2v) is 4.00. The van der Waals surface area contributed by atoms with Crippen molar-refractivity contribution in [2.24, 2.45) is 5.73 Å². The van der Waals surface area contributed by atoms with Crippen molar-refractivity contribution in [2.75, 3.05) is 6.54 Å². The molecule has 0 saturated heterocycles. The molecule has 0 amide bonds. The zero-order chi connectivity index (χ0) is 11.4. The molecule has 2 aromatic rings. The lowest BCUT2D eigenvalue weighted by atomic mass is 10.1. The molecule has 0 aliphatic rings. The van der Waals surface area contributed by atoms with E-state index < -0.39 is 0 Å². The monoisotopic (exact) mass is 236 g/mol. The Morgan fingerprint density at radius 1 is 1.25 bits per heavy atom. The quantitative estimate of drug-likeness (QED) is 0.887. The minimum Gasteiger partial charge on any atom is -0.445 e. The molecule has 1 aromatic heterocycles. The van der Waals surface area contributed by atoms with Crippen molar-refractivity contribution in [1.82, 2.24) is 4.98 Å². The van der Waals surface area contributed by atoms with Crippen molar-refractivity contribution in [1.29, 1.82) is 0 Å². The first kappa shape index (κ1) is 11.2. The van der Waals surface area contributed by atoms with Gasteiger partial charge in [-0.2, -0.15) is 0 Å². The highest BCUT2D eigenvalue weighted by molar-refractivity contribution is 6.30. The van der Waals surface area contributed by atoms with Crippen LogP contribution < -0.4 is 5.73 Å². The van der Waals surface area contributed by atoms with Gasteiger partial charge in [0.1, 0.15) is 5.76 Å². The van der Waals surface area contributed by atoms with Crippen LogP contribution in [0.1, 0.15) is 17.2 Å². The molecule has 84 valence electrons. The van der Waals surface area contributed by atoms with E-state index >= 15 is 0 Å². The lowest BCUT2D eigenvalue weighted by molar-refractivity contribution is 0.464. The fourth-order valence-electron chi connectivity index (χ4n) is 1.46. The van der Waals surface area contributed by atoms with Crippen LogP contribution in [-0.2, 0) is 12.8 Å². The maximum Gasteiger partial charge on any atom is 0.198 e. The van der Waals surface area contributed by atoms with Gasteiger partial charge in [0, 0.05) is 17.9 Å². The van der Waals surface area contributed by atoms with E-state index in [1.807, 2.05) is 24.3 Å². The van der Waals surface area contributed by atoms with Crippen molar-refractivity contribution in [3.8, 4) is 0 Å². The summed E-state index contributed by atoms with van der Waals surface area (Å²) in [6.07, 6.45) is 3.15. The Kier molecular flexibility index (Phi) is 3.59. The highest BCUT2D eigenvalue weighted by atomic mass is 35.5. The topological polar surface area (TPSA) is 52.0 Å². The van der Waals surface area contributed by atoms with Crippen LogP contribution in [0.2, 0.25) is 5.02 Å². The summed E-state index contributed by atoms with van der Waals surface area (Å²) in [6, 6.07) is 7.66. The van der Waals surface area contributed by atoms with Crippen LogP contribution in [0.4, 0.5) is 0 Å². The molecule has 1 heterocycles. The fourth-order valence-corrected chi connectivity index (χ4v) is 1.59. The summed E-state index contributed by atoms with van der Waals surface area (Å²) in [5.41, 5.74) is 6.57. The molecular formula is C12H13ClN2O. The molecular weight excluding hydrogens is 224 g/mol. The first-order valence-corrected chi connectivity index (χ1v) is 5.54.